The number of carboxylic acid groups (broad SMARTS) is 1. The van der Waals surface area contributed by atoms with Crippen LogP contribution in [0.15, 0.2) is 170 Å². The molecule has 8 heterocycles. The Kier molecular flexibility index (Phi) is 26.8. The largest absolute Gasteiger partial charge is 0.480 e. The highest BCUT2D eigenvalue weighted by Gasteiger charge is 2.45. The lowest BCUT2D eigenvalue weighted by atomic mass is 9.99. The highest BCUT2D eigenvalue weighted by atomic mass is 16.4. The first-order chi connectivity index (χ1) is 57.0. The lowest BCUT2D eigenvalue weighted by Crippen LogP contribution is -2.61. The Morgan fingerprint density at radius 3 is 1.74 bits per heavy atom. The number of aryl methyl sites for hydroxylation is 2. The summed E-state index contributed by atoms with van der Waals surface area (Å²) in [5.74, 6) is -6.59. The van der Waals surface area contributed by atoms with Crippen molar-refractivity contribution in [3.8, 4) is 44.5 Å². The fraction of sp³-hybridized carbons (Fsp3) is 0.341. The van der Waals surface area contributed by atoms with Crippen LogP contribution in [-0.2, 0) is 57.6 Å². The number of nitrogens with two attached hydrogens (primary N) is 1. The van der Waals surface area contributed by atoms with Gasteiger partial charge >= 0.3 is 5.97 Å². The molecule has 4 aliphatic heterocycles. The second kappa shape index (κ2) is 38.2. The fourth-order valence-corrected chi connectivity index (χ4v) is 16.3. The van der Waals surface area contributed by atoms with Gasteiger partial charge in [0.2, 0.25) is 41.4 Å². The van der Waals surface area contributed by atoms with Crippen LogP contribution in [0.25, 0.3) is 89.6 Å². The molecule has 8 atom stereocenters. The smallest absolute Gasteiger partial charge is 0.326 e. The van der Waals surface area contributed by atoms with E-state index in [0.29, 0.717) is 62.6 Å². The van der Waals surface area contributed by atoms with Crippen molar-refractivity contribution in [2.75, 3.05) is 26.2 Å². The monoisotopic (exact) mass is 1590 g/mol. The SMILES string of the molecule is CC(C)C[C@H](NC(=O)[C@H](Cc1c[nH]c2ccccc12)NC(=O)[C@@H](NC(=O)[C@H](C)NC(=O)CCCCCNC(=O)c1ccc(-c2c3nc(c(-c4ccccc4)c4nc(c(-c5ccccc5)c5ccc([nH]5)c(-c5ccccc5)c5ccc2[nH]5)C=C4)CC3)cc1)[C@@H](C)O)C(=O)N1CCC[C@H]1C(=O)N1CCC[C@H]1C(=O)N[C@@H](CCCNC(=N)N)C(=O)O. The molecule has 27 heteroatoms. The van der Waals surface area contributed by atoms with E-state index in [1.165, 1.54) is 23.6 Å². The predicted molar refractivity (Wildman–Crippen MR) is 455 cm³/mol. The number of aliphatic hydroxyl groups excluding tert-OH is 1. The molecule has 0 radical (unpaired) electrons. The zero-order valence-electron chi connectivity index (χ0n) is 66.7. The highest BCUT2D eigenvalue weighted by molar-refractivity contribution is 6.02. The van der Waals surface area contributed by atoms with Crippen LogP contribution in [0.3, 0.4) is 0 Å². The number of nitrogens with one attached hydrogen (secondary N) is 11. The number of H-pyrrole nitrogens is 3. The van der Waals surface area contributed by atoms with Crippen LogP contribution >= 0.6 is 0 Å². The van der Waals surface area contributed by atoms with Gasteiger partial charge in [-0.05, 0) is 173 Å². The molecule has 2 saturated heterocycles. The summed E-state index contributed by atoms with van der Waals surface area (Å²) in [5, 5.41) is 48.3. The Labute approximate surface area is 683 Å². The number of hydrogen-bond donors (Lipinski definition) is 14. The average Bonchev–Trinajstić information content (AvgIpc) is 1.61. The lowest BCUT2D eigenvalue weighted by Gasteiger charge is -2.34. The number of carboxylic acids is 1. The second-order valence-electron chi connectivity index (χ2n) is 31.1. The normalized spacial score (nSPS) is 15.9. The number of unbranched alkanes of at least 4 members (excludes halogenated alkanes) is 2. The number of likely N-dealkylation sites (tertiary alicyclic amines) is 2. The number of benzene rings is 5. The van der Waals surface area contributed by atoms with E-state index in [0.717, 1.165) is 100 Å². The molecule has 118 heavy (non-hydrogen) atoms. The Bertz CT molecular complexity index is 5410. The molecule has 13 rings (SSSR count). The van der Waals surface area contributed by atoms with Gasteiger partial charge in [0.25, 0.3) is 5.91 Å². The minimum absolute atomic E-state index is 0.0343. The molecule has 8 amide bonds. The third-order valence-electron chi connectivity index (χ3n) is 22.2. The molecule has 0 aliphatic carbocycles. The molecule has 612 valence electrons. The van der Waals surface area contributed by atoms with E-state index in [1.807, 2.05) is 117 Å². The van der Waals surface area contributed by atoms with Crippen LogP contribution in [0.5, 0.6) is 0 Å². The minimum Gasteiger partial charge on any atom is -0.480 e. The van der Waals surface area contributed by atoms with Crippen molar-refractivity contribution in [3.05, 3.63) is 204 Å². The Morgan fingerprint density at radius 2 is 1.10 bits per heavy atom. The van der Waals surface area contributed by atoms with E-state index in [2.05, 4.69) is 125 Å². The zero-order valence-corrected chi connectivity index (χ0v) is 66.7. The molecule has 4 aromatic heterocycles. The predicted octanol–water partition coefficient (Wildman–Crippen LogP) is 10.2. The van der Waals surface area contributed by atoms with E-state index in [9.17, 15) is 53.4 Å². The number of rotatable bonds is 32. The molecule has 9 aromatic rings. The summed E-state index contributed by atoms with van der Waals surface area (Å²) >= 11 is 0. The third-order valence-corrected chi connectivity index (χ3v) is 22.2. The maximum absolute atomic E-state index is 14.9. The van der Waals surface area contributed by atoms with Gasteiger partial charge in [-0.25, -0.2) is 9.78 Å². The number of guanidine groups is 1. The van der Waals surface area contributed by atoms with Crippen LogP contribution in [0, 0.1) is 11.3 Å². The molecular weight excluding hydrogens is 1490 g/mol. The first-order valence-electron chi connectivity index (χ1n) is 40.7. The van der Waals surface area contributed by atoms with Crippen LogP contribution < -0.4 is 43.0 Å². The molecule has 4 aliphatic rings. The van der Waals surface area contributed by atoms with Gasteiger partial charge in [0.05, 0.1) is 28.9 Å². The summed E-state index contributed by atoms with van der Waals surface area (Å²) in [6, 6.07) is 45.6. The topological polar surface area (TPSA) is 408 Å². The van der Waals surface area contributed by atoms with Crippen LogP contribution in [0.1, 0.15) is 137 Å². The van der Waals surface area contributed by atoms with Crippen molar-refractivity contribution >= 4 is 104 Å². The molecule has 2 fully saturated rings. The summed E-state index contributed by atoms with van der Waals surface area (Å²) in [6.45, 7) is 7.36. The number of nitrogens with zero attached hydrogens (tertiary/aromatic N) is 4. The summed E-state index contributed by atoms with van der Waals surface area (Å²) in [7, 11) is 0. The number of aliphatic carboxylic acids is 1. The van der Waals surface area contributed by atoms with Crippen molar-refractivity contribution in [3.63, 3.8) is 0 Å². The Balaban J connectivity index is 0.634. The van der Waals surface area contributed by atoms with Crippen LogP contribution in [-0.4, -0.2) is 179 Å². The maximum Gasteiger partial charge on any atom is 0.326 e. The first-order valence-corrected chi connectivity index (χ1v) is 40.7. The van der Waals surface area contributed by atoms with Gasteiger partial charge < -0.3 is 77.9 Å². The number of carbonyl (C=O) groups excluding carboxylic acids is 8. The van der Waals surface area contributed by atoms with Crippen molar-refractivity contribution in [1.29, 1.82) is 5.41 Å². The van der Waals surface area contributed by atoms with E-state index >= 15 is 0 Å². The van der Waals surface area contributed by atoms with E-state index < -0.39 is 95.7 Å². The van der Waals surface area contributed by atoms with Gasteiger partial charge in [0, 0.05) is 106 Å². The fourth-order valence-electron chi connectivity index (χ4n) is 16.3. The Hall–Kier alpha value is -13.0. The van der Waals surface area contributed by atoms with Gasteiger partial charge in [-0.1, -0.05) is 142 Å². The zero-order chi connectivity index (χ0) is 83.1. The first kappa shape index (κ1) is 82.9. The quantitative estimate of drug-likeness (QED) is 0.0106. The lowest BCUT2D eigenvalue weighted by molar-refractivity contribution is -0.149. The maximum atomic E-state index is 14.9. The number of aromatic amines is 3. The second-order valence-corrected chi connectivity index (χ2v) is 31.1. The van der Waals surface area contributed by atoms with Gasteiger partial charge in [0.1, 0.15) is 42.3 Å². The van der Waals surface area contributed by atoms with E-state index in [4.69, 9.17) is 21.1 Å². The number of para-hydroxylation sites is 1. The van der Waals surface area contributed by atoms with E-state index in [1.54, 1.807) is 6.20 Å². The van der Waals surface area contributed by atoms with Gasteiger partial charge in [-0.3, -0.25) is 48.7 Å². The average molecular weight is 1600 g/mol. The number of fused-ring (bicyclic) bond motifs is 9. The van der Waals surface area contributed by atoms with Gasteiger partial charge in [-0.2, -0.15) is 0 Å². The molecule has 5 aromatic carbocycles. The third kappa shape index (κ3) is 19.7. The molecule has 0 saturated carbocycles. The van der Waals surface area contributed by atoms with Crippen LogP contribution in [0.4, 0.5) is 0 Å². The molecule has 8 bridgehead atoms. The number of aromatic nitrogens is 5. The number of hydrogen-bond acceptors (Lipinski definition) is 13. The van der Waals surface area contributed by atoms with Crippen molar-refractivity contribution in [2.24, 2.45) is 11.7 Å². The molecule has 15 N–H and O–H groups in total. The Morgan fingerprint density at radius 1 is 0.542 bits per heavy atom. The van der Waals surface area contributed by atoms with E-state index in [-0.39, 0.29) is 82.4 Å². The number of carbonyl (C=O) groups is 9. The number of aliphatic hydroxyl groups is 1. The molecule has 27 nitrogen and oxygen atoms in total. The van der Waals surface area contributed by atoms with Crippen molar-refractivity contribution in [2.45, 2.75) is 166 Å². The number of amides is 8. The molecule has 0 spiro atoms. The van der Waals surface area contributed by atoms with Crippen LogP contribution in [0.2, 0.25) is 0 Å². The van der Waals surface area contributed by atoms with Crippen molar-refractivity contribution in [1.82, 2.24) is 71.9 Å². The minimum atomic E-state index is -1.63. The van der Waals surface area contributed by atoms with Gasteiger partial charge in [-0.15, -0.1) is 0 Å². The summed E-state index contributed by atoms with van der Waals surface area (Å²) in [5.41, 5.74) is 22.0. The summed E-state index contributed by atoms with van der Waals surface area (Å²) < 4.78 is 0. The summed E-state index contributed by atoms with van der Waals surface area (Å²) in [6.07, 6.45) is 9.03. The summed E-state index contributed by atoms with van der Waals surface area (Å²) in [4.78, 5) is 150. The highest BCUT2D eigenvalue weighted by Crippen LogP contribution is 2.39. The molecular formula is C91H102N16O11. The van der Waals surface area contributed by atoms with Gasteiger partial charge in [0.15, 0.2) is 5.96 Å². The molecule has 0 unspecified atom stereocenters. The van der Waals surface area contributed by atoms with Crippen molar-refractivity contribution < 1.29 is 53.4 Å². The standard InChI is InChI=1S/C91H102N16O11/c1-53(2)50-74(88(115)107-49-21-32-76(107)89(116)106-48-20-31-75(106)86(113)102-72(90(117)118)30-19-47-95-91(92)93)104-85(112)73(51-61-52-96-63-29-17-16-28-62(61)63)103-87(114)82(55(4)108)105-83(110)54(3)97-77(109)33-15-8-18-46-94-84(111)60-36-34-59(35-37-60)81-70-44-42-68(100-70)79(57-24-11-6-12-25-57)66-40-38-64(98-66)78(56-22-9-5-10-23-56)65-39-41-67(99-65)80(58-26-13-7-14-27-58)69-43-45-71(81)101-69/h5-7,9-14,16-17,22-29,34-42,44,52-55,72-76,82,96,98,100,108H,8,15,18-21,30-33,43,45-51H2,1-4H3,(H,94,111)(H,97,109)(H,102,113)(H,103,114)(H,104,112)(H,105,110)(H,117,118)(H4,92,93,95)/t54-,55+,72-,73-,74-,75-,76-,82-/m0/s1.